The highest BCUT2D eigenvalue weighted by molar-refractivity contribution is 7.15. The number of hydrogen-bond donors (Lipinski definition) is 1. The molecule has 1 amide bonds. The number of aryl methyl sites for hydroxylation is 1. The van der Waals surface area contributed by atoms with Crippen LogP contribution in [-0.4, -0.2) is 51.8 Å². The third kappa shape index (κ3) is 5.89. The van der Waals surface area contributed by atoms with Crippen molar-refractivity contribution in [2.75, 3.05) is 26.0 Å². The lowest BCUT2D eigenvalue weighted by atomic mass is 9.97. The fourth-order valence-electron chi connectivity index (χ4n) is 4.87. The van der Waals surface area contributed by atoms with Crippen molar-refractivity contribution >= 4 is 34.0 Å². The minimum Gasteiger partial charge on any atom is -0.444 e. The molecule has 0 spiro atoms. The van der Waals surface area contributed by atoms with Crippen molar-refractivity contribution in [3.63, 3.8) is 0 Å². The highest BCUT2D eigenvalue weighted by atomic mass is 32.1. The highest BCUT2D eigenvalue weighted by Crippen LogP contribution is 2.41. The molecule has 0 saturated carbocycles. The molecule has 8 nitrogen and oxygen atoms in total. The van der Waals surface area contributed by atoms with Crippen LogP contribution in [0.15, 0.2) is 42.9 Å². The maximum atomic E-state index is 12.7. The lowest BCUT2D eigenvalue weighted by Gasteiger charge is -2.25. The molecule has 4 aromatic rings. The van der Waals surface area contributed by atoms with E-state index in [0.29, 0.717) is 18.3 Å². The molecule has 1 aromatic carbocycles. The molecule has 9 heteroatoms. The number of thiazole rings is 1. The Hall–Kier alpha value is -3.56. The zero-order chi connectivity index (χ0) is 27.7. The quantitative estimate of drug-likeness (QED) is 0.302. The Morgan fingerprint density at radius 3 is 2.64 bits per heavy atom. The molecule has 3 aromatic heterocycles. The third-order valence-electron chi connectivity index (χ3n) is 6.91. The average molecular weight is 546 g/mol. The molecule has 4 heterocycles. The molecule has 0 unspecified atom stereocenters. The van der Waals surface area contributed by atoms with Crippen LogP contribution < -0.4 is 5.73 Å². The molecule has 0 aliphatic carbocycles. The van der Waals surface area contributed by atoms with Crippen molar-refractivity contribution in [2.45, 2.75) is 58.6 Å². The summed E-state index contributed by atoms with van der Waals surface area (Å²) in [5.74, 6) is 0.809. The Bertz CT molecular complexity index is 1500. The van der Waals surface area contributed by atoms with Gasteiger partial charge in [-0.3, -0.25) is 4.98 Å². The zero-order valence-corrected chi connectivity index (χ0v) is 24.0. The van der Waals surface area contributed by atoms with Gasteiger partial charge in [-0.2, -0.15) is 0 Å². The molecule has 5 rings (SSSR count). The van der Waals surface area contributed by atoms with Crippen molar-refractivity contribution in [1.82, 2.24) is 19.9 Å². The van der Waals surface area contributed by atoms with Crippen LogP contribution in [0.4, 0.5) is 10.6 Å². The fourth-order valence-corrected chi connectivity index (χ4v) is 6.14. The van der Waals surface area contributed by atoms with Gasteiger partial charge in [0.15, 0.2) is 0 Å². The first-order valence-electron chi connectivity index (χ1n) is 13.2. The second-order valence-corrected chi connectivity index (χ2v) is 12.1. The highest BCUT2D eigenvalue weighted by Gasteiger charge is 2.27. The van der Waals surface area contributed by atoms with Crippen molar-refractivity contribution in [3.05, 3.63) is 59.0 Å². The number of carbonyl (C=O) groups is 1. The van der Waals surface area contributed by atoms with Crippen LogP contribution in [0.1, 0.15) is 55.7 Å². The molecule has 0 atom stereocenters. The van der Waals surface area contributed by atoms with Gasteiger partial charge in [-0.15, -0.1) is 11.3 Å². The Morgan fingerprint density at radius 2 is 1.92 bits per heavy atom. The molecule has 1 aliphatic heterocycles. The van der Waals surface area contributed by atoms with Gasteiger partial charge in [0.05, 0.1) is 12.2 Å². The molecule has 39 heavy (non-hydrogen) atoms. The molecule has 1 saturated heterocycles. The standard InChI is InChI=1S/C30H35N5O3S/c1-18-8-11-32-15-23(18)20-6-7-21-22(14-20)27(31)33-16-24(21)28-34-25(17-35(5)29(36)38-30(2,3)4)26(39-28)19-9-12-37-13-10-19/h6-8,11,14-16,19H,9-10,12-13,17H2,1-5H3,(H2,31,33). The number of fused-ring (bicyclic) bond motifs is 1. The van der Waals surface area contributed by atoms with Crippen LogP contribution in [0.2, 0.25) is 0 Å². The minimum atomic E-state index is -0.566. The van der Waals surface area contributed by atoms with Gasteiger partial charge in [-0.1, -0.05) is 12.1 Å². The molecule has 1 aliphatic rings. The van der Waals surface area contributed by atoms with Gasteiger partial charge in [-0.25, -0.2) is 14.8 Å². The number of benzene rings is 1. The predicted octanol–water partition coefficient (Wildman–Crippen LogP) is 6.57. The lowest BCUT2D eigenvalue weighted by Crippen LogP contribution is -2.34. The summed E-state index contributed by atoms with van der Waals surface area (Å²) in [6.45, 7) is 9.49. The van der Waals surface area contributed by atoms with Crippen LogP contribution >= 0.6 is 11.3 Å². The van der Waals surface area contributed by atoms with Gasteiger partial charge >= 0.3 is 6.09 Å². The van der Waals surface area contributed by atoms with E-state index in [9.17, 15) is 4.79 Å². The Kier molecular flexibility index (Phi) is 7.55. The molecular formula is C30H35N5O3S. The first-order valence-corrected chi connectivity index (χ1v) is 14.0. The van der Waals surface area contributed by atoms with E-state index < -0.39 is 5.60 Å². The number of rotatable bonds is 5. The van der Waals surface area contributed by atoms with E-state index in [-0.39, 0.29) is 6.09 Å². The number of pyridine rings is 2. The third-order valence-corrected chi connectivity index (χ3v) is 8.20. The number of nitrogen functional groups attached to an aromatic ring is 1. The molecule has 0 bridgehead atoms. The van der Waals surface area contributed by atoms with Crippen LogP contribution in [0.3, 0.4) is 0 Å². The monoisotopic (exact) mass is 545 g/mol. The van der Waals surface area contributed by atoms with Gasteiger partial charge < -0.3 is 20.1 Å². The summed E-state index contributed by atoms with van der Waals surface area (Å²) in [7, 11) is 1.75. The van der Waals surface area contributed by atoms with E-state index in [2.05, 4.69) is 35.1 Å². The summed E-state index contributed by atoms with van der Waals surface area (Å²) in [6.07, 6.45) is 6.97. The zero-order valence-electron chi connectivity index (χ0n) is 23.2. The Labute approximate surface area is 233 Å². The average Bonchev–Trinajstić information content (AvgIpc) is 3.32. The van der Waals surface area contributed by atoms with Crippen molar-refractivity contribution in [1.29, 1.82) is 0 Å². The van der Waals surface area contributed by atoms with Gasteiger partial charge in [0, 0.05) is 60.2 Å². The Balaban J connectivity index is 1.55. The molecule has 204 valence electrons. The second kappa shape index (κ2) is 10.9. The molecule has 1 fully saturated rings. The van der Waals surface area contributed by atoms with E-state index in [1.807, 2.05) is 33.0 Å². The number of nitrogens with two attached hydrogens (primary N) is 1. The number of aromatic nitrogens is 3. The van der Waals surface area contributed by atoms with E-state index in [1.165, 1.54) is 4.88 Å². The van der Waals surface area contributed by atoms with Gasteiger partial charge in [0.25, 0.3) is 0 Å². The normalized spacial score (nSPS) is 14.5. The van der Waals surface area contributed by atoms with Crippen LogP contribution in [-0.2, 0) is 16.0 Å². The van der Waals surface area contributed by atoms with E-state index in [1.54, 1.807) is 35.7 Å². The van der Waals surface area contributed by atoms with Crippen LogP contribution in [0.25, 0.3) is 32.5 Å². The SMILES string of the molecule is Cc1ccncc1-c1ccc2c(-c3nc(CN(C)C(=O)OC(C)(C)C)c(C4CCOCC4)s3)cnc(N)c2c1. The maximum Gasteiger partial charge on any atom is 0.410 e. The van der Waals surface area contributed by atoms with E-state index in [4.69, 9.17) is 20.2 Å². The minimum absolute atomic E-state index is 0.334. The van der Waals surface area contributed by atoms with Crippen molar-refractivity contribution in [2.24, 2.45) is 0 Å². The predicted molar refractivity (Wildman–Crippen MR) is 156 cm³/mol. The largest absolute Gasteiger partial charge is 0.444 e. The fraction of sp³-hybridized carbons (Fsp3) is 0.400. The summed E-state index contributed by atoms with van der Waals surface area (Å²) in [5.41, 5.74) is 10.9. The van der Waals surface area contributed by atoms with Crippen molar-refractivity contribution in [3.8, 4) is 21.7 Å². The molecule has 2 N–H and O–H groups in total. The number of ether oxygens (including phenoxy) is 2. The maximum absolute atomic E-state index is 12.7. The summed E-state index contributed by atoms with van der Waals surface area (Å²) in [5, 5.41) is 2.74. The Morgan fingerprint density at radius 1 is 1.15 bits per heavy atom. The van der Waals surface area contributed by atoms with Gasteiger partial charge in [0.1, 0.15) is 16.4 Å². The number of hydrogen-bond acceptors (Lipinski definition) is 8. The summed E-state index contributed by atoms with van der Waals surface area (Å²) >= 11 is 1.67. The molecular weight excluding hydrogens is 510 g/mol. The topological polar surface area (TPSA) is 103 Å². The summed E-state index contributed by atoms with van der Waals surface area (Å²) in [4.78, 5) is 29.5. The van der Waals surface area contributed by atoms with E-state index in [0.717, 1.165) is 69.8 Å². The number of anilines is 1. The smallest absolute Gasteiger partial charge is 0.410 e. The van der Waals surface area contributed by atoms with Crippen LogP contribution in [0, 0.1) is 6.92 Å². The number of amides is 1. The number of nitrogens with zero attached hydrogens (tertiary/aromatic N) is 4. The first kappa shape index (κ1) is 27.0. The van der Waals surface area contributed by atoms with Crippen molar-refractivity contribution < 1.29 is 14.3 Å². The lowest BCUT2D eigenvalue weighted by molar-refractivity contribution is 0.0282. The van der Waals surface area contributed by atoms with E-state index >= 15 is 0 Å². The van der Waals surface area contributed by atoms with Crippen LogP contribution in [0.5, 0.6) is 0 Å². The van der Waals surface area contributed by atoms with Gasteiger partial charge in [0.2, 0.25) is 0 Å². The summed E-state index contributed by atoms with van der Waals surface area (Å²) in [6, 6.07) is 8.27. The molecule has 0 radical (unpaired) electrons. The first-order chi connectivity index (χ1) is 18.6. The van der Waals surface area contributed by atoms with Gasteiger partial charge in [-0.05, 0) is 75.1 Å². The second-order valence-electron chi connectivity index (χ2n) is 11.1. The number of carbonyl (C=O) groups excluding carboxylic acids is 1. The summed E-state index contributed by atoms with van der Waals surface area (Å²) < 4.78 is 11.2.